The monoisotopic (exact) mass is 786 g/mol. The van der Waals surface area contributed by atoms with Crippen LogP contribution in [-0.4, -0.2) is 113 Å². The molecular weight excluding hydrogens is 731 g/mol. The number of carbonyl (C=O) groups is 2. The number of halogens is 2. The molecule has 6 aliphatic rings. The molecule has 4 aromatic rings. The van der Waals surface area contributed by atoms with E-state index in [1.54, 1.807) is 24.3 Å². The first-order valence-electron chi connectivity index (χ1n) is 21.5. The van der Waals surface area contributed by atoms with Crippen molar-refractivity contribution < 1.29 is 18.4 Å². The lowest BCUT2D eigenvalue weighted by molar-refractivity contribution is 0.0963. The first kappa shape index (κ1) is 38.7. The van der Waals surface area contributed by atoms with E-state index in [0.29, 0.717) is 47.9 Å². The van der Waals surface area contributed by atoms with Gasteiger partial charge in [0.05, 0.1) is 22.7 Å². The number of rotatable bonds is 10. The molecule has 6 aliphatic heterocycles. The van der Waals surface area contributed by atoms with E-state index in [4.69, 9.17) is 0 Å². The number of Topliss-reactive ketones (excluding diaryl/α,β-unsaturated/α-hetero) is 2. The van der Waals surface area contributed by atoms with Crippen molar-refractivity contribution in [3.63, 3.8) is 0 Å². The fraction of sp³-hybridized carbons (Fsp3) is 0.458. The lowest BCUT2D eigenvalue weighted by Gasteiger charge is -2.41. The van der Waals surface area contributed by atoms with Gasteiger partial charge in [0, 0.05) is 114 Å². The number of piperidine rings is 2. The van der Waals surface area contributed by atoms with Crippen LogP contribution in [0.15, 0.2) is 84.9 Å². The van der Waals surface area contributed by atoms with E-state index < -0.39 is 0 Å². The van der Waals surface area contributed by atoms with Crippen molar-refractivity contribution >= 4 is 34.3 Å². The molecule has 0 N–H and O–H groups in total. The van der Waals surface area contributed by atoms with E-state index in [9.17, 15) is 18.4 Å². The molecule has 0 unspecified atom stereocenters. The van der Waals surface area contributed by atoms with Gasteiger partial charge in [-0.1, -0.05) is 24.3 Å². The maximum atomic E-state index is 13.0. The number of ketones is 2. The fourth-order valence-electron chi connectivity index (χ4n) is 10.8. The Kier molecular flexibility index (Phi) is 11.0. The summed E-state index contributed by atoms with van der Waals surface area (Å²) >= 11 is 0. The molecule has 4 aromatic carbocycles. The standard InChI is InChI=1S/2C24H28FN3O/c2*1-26-14-15-28-21-11-13-27(16-20(21)19-4-2-5-22(26)24(19)28)12-3-6-23(29)17-7-9-18(25)10-8-17/h2*2,4-5,7-10,20-21H,3,6,11-16H2,1H3/t2*20-,21-/m00/s1. The second-order valence-electron chi connectivity index (χ2n) is 17.3. The van der Waals surface area contributed by atoms with E-state index >= 15 is 0 Å². The number of benzene rings is 4. The topological polar surface area (TPSA) is 53.6 Å². The molecule has 0 spiro atoms. The number of carbonyl (C=O) groups excluding carboxylic acids is 2. The molecule has 10 rings (SSSR count). The maximum Gasteiger partial charge on any atom is 0.162 e. The smallest absolute Gasteiger partial charge is 0.162 e. The molecule has 4 atom stereocenters. The Hall–Kier alpha value is -4.80. The molecule has 0 radical (unpaired) electrons. The van der Waals surface area contributed by atoms with Crippen molar-refractivity contribution in [2.75, 3.05) is 99.1 Å². The number of para-hydroxylation sites is 2. The Morgan fingerprint density at radius 3 is 1.38 bits per heavy atom. The highest BCUT2D eigenvalue weighted by molar-refractivity contribution is 5.96. The summed E-state index contributed by atoms with van der Waals surface area (Å²) in [5.41, 5.74) is 9.91. The van der Waals surface area contributed by atoms with Gasteiger partial charge in [-0.05, 0) is 111 Å². The second kappa shape index (κ2) is 16.5. The van der Waals surface area contributed by atoms with Crippen molar-refractivity contribution in [3.05, 3.63) is 119 Å². The molecule has 0 aromatic heterocycles. The fourth-order valence-corrected chi connectivity index (χ4v) is 10.8. The van der Waals surface area contributed by atoms with Gasteiger partial charge in [0.1, 0.15) is 11.6 Å². The first-order chi connectivity index (χ1) is 28.2. The van der Waals surface area contributed by atoms with Gasteiger partial charge in [0.15, 0.2) is 11.6 Å². The summed E-state index contributed by atoms with van der Waals surface area (Å²) in [5, 5.41) is 0. The largest absolute Gasteiger partial charge is 0.371 e. The summed E-state index contributed by atoms with van der Waals surface area (Å²) in [6, 6.07) is 26.6. The number of hydrogen-bond acceptors (Lipinski definition) is 8. The third-order valence-corrected chi connectivity index (χ3v) is 13.9. The number of fused-ring (bicyclic) bond motifs is 6. The molecule has 0 bridgehead atoms. The average Bonchev–Trinajstić information content (AvgIpc) is 3.74. The second-order valence-corrected chi connectivity index (χ2v) is 17.3. The van der Waals surface area contributed by atoms with Crippen LogP contribution in [-0.2, 0) is 0 Å². The summed E-state index contributed by atoms with van der Waals surface area (Å²) in [7, 11) is 4.39. The summed E-state index contributed by atoms with van der Waals surface area (Å²) in [4.78, 5) is 39.8. The summed E-state index contributed by atoms with van der Waals surface area (Å²) < 4.78 is 26.1. The molecule has 8 nitrogen and oxygen atoms in total. The quantitative estimate of drug-likeness (QED) is 0.151. The van der Waals surface area contributed by atoms with Crippen LogP contribution in [0.4, 0.5) is 31.5 Å². The van der Waals surface area contributed by atoms with E-state index in [0.717, 1.165) is 78.3 Å². The minimum Gasteiger partial charge on any atom is -0.371 e. The van der Waals surface area contributed by atoms with Gasteiger partial charge >= 0.3 is 0 Å². The van der Waals surface area contributed by atoms with Crippen molar-refractivity contribution in [2.24, 2.45) is 0 Å². The molecule has 0 aliphatic carbocycles. The Bertz CT molecular complexity index is 1980. The number of hydrogen-bond donors (Lipinski definition) is 0. The van der Waals surface area contributed by atoms with Crippen LogP contribution < -0.4 is 19.6 Å². The SMILES string of the molecule is CN1CCN2c3c(cccc31)[C@@H]1CN(CCCC(=O)c3ccc(F)cc3)CC[C@@H]12.CN1CCN2c3c(cccc31)[C@@H]1CN(CCCC(=O)c3ccc(F)cc3)CC[C@@H]12. The van der Waals surface area contributed by atoms with E-state index in [1.807, 2.05) is 0 Å². The van der Waals surface area contributed by atoms with Gasteiger partial charge in [-0.15, -0.1) is 0 Å². The minimum absolute atomic E-state index is 0.107. The lowest BCUT2D eigenvalue weighted by atomic mass is 9.89. The van der Waals surface area contributed by atoms with Gasteiger partial charge in [-0.25, -0.2) is 8.78 Å². The maximum absolute atomic E-state index is 13.0. The van der Waals surface area contributed by atoms with Crippen LogP contribution in [0.3, 0.4) is 0 Å². The predicted octanol–water partition coefficient (Wildman–Crippen LogP) is 7.83. The third-order valence-electron chi connectivity index (χ3n) is 13.9. The van der Waals surface area contributed by atoms with Gasteiger partial charge in [0.2, 0.25) is 0 Å². The highest BCUT2D eigenvalue weighted by Crippen LogP contribution is 2.51. The third kappa shape index (κ3) is 7.50. The number of likely N-dealkylation sites (tertiary alicyclic amines) is 2. The van der Waals surface area contributed by atoms with E-state index in [1.165, 1.54) is 71.0 Å². The zero-order chi connectivity index (χ0) is 39.9. The molecule has 58 heavy (non-hydrogen) atoms. The zero-order valence-corrected chi connectivity index (χ0v) is 34.0. The Balaban J connectivity index is 0.000000150. The Morgan fingerprint density at radius 2 is 0.966 bits per heavy atom. The van der Waals surface area contributed by atoms with Crippen LogP contribution in [0.25, 0.3) is 0 Å². The highest BCUT2D eigenvalue weighted by Gasteiger charge is 2.45. The number of likely N-dealkylation sites (N-methyl/N-ethyl adjacent to an activating group) is 2. The molecular formula is C48H56F2N6O2. The normalized spacial score (nSPS) is 23.1. The Labute approximate surface area is 342 Å². The molecule has 2 saturated heterocycles. The summed E-state index contributed by atoms with van der Waals surface area (Å²) in [6.07, 6.45) is 5.13. The lowest BCUT2D eigenvalue weighted by Crippen LogP contribution is -2.49. The molecule has 0 saturated carbocycles. The average molecular weight is 787 g/mol. The molecule has 304 valence electrons. The highest BCUT2D eigenvalue weighted by atomic mass is 19.1. The van der Waals surface area contributed by atoms with Gasteiger partial charge in [0.25, 0.3) is 0 Å². The molecule has 6 heterocycles. The van der Waals surface area contributed by atoms with Crippen molar-refractivity contribution in [1.82, 2.24) is 9.80 Å². The van der Waals surface area contributed by atoms with Crippen molar-refractivity contribution in [1.29, 1.82) is 0 Å². The van der Waals surface area contributed by atoms with Crippen LogP contribution >= 0.6 is 0 Å². The van der Waals surface area contributed by atoms with E-state index in [-0.39, 0.29) is 23.2 Å². The van der Waals surface area contributed by atoms with E-state index in [2.05, 4.69) is 79.9 Å². The van der Waals surface area contributed by atoms with Crippen LogP contribution in [0.2, 0.25) is 0 Å². The number of anilines is 4. The molecule has 10 heteroatoms. The van der Waals surface area contributed by atoms with Crippen LogP contribution in [0.5, 0.6) is 0 Å². The van der Waals surface area contributed by atoms with Gasteiger partial charge in [-0.2, -0.15) is 0 Å². The Morgan fingerprint density at radius 1 is 0.552 bits per heavy atom. The summed E-state index contributed by atoms with van der Waals surface area (Å²) in [6.45, 7) is 10.7. The van der Waals surface area contributed by atoms with Crippen molar-refractivity contribution in [2.45, 2.75) is 62.4 Å². The number of nitrogens with zero attached hydrogens (tertiary/aromatic N) is 6. The molecule has 2 fully saturated rings. The van der Waals surface area contributed by atoms with Crippen molar-refractivity contribution in [3.8, 4) is 0 Å². The first-order valence-corrected chi connectivity index (χ1v) is 21.5. The van der Waals surface area contributed by atoms with Crippen LogP contribution in [0.1, 0.15) is 82.2 Å². The zero-order valence-electron chi connectivity index (χ0n) is 34.0. The molecule has 0 amide bonds. The van der Waals surface area contributed by atoms with Gasteiger partial charge in [-0.3, -0.25) is 9.59 Å². The minimum atomic E-state index is -0.298. The predicted molar refractivity (Wildman–Crippen MR) is 229 cm³/mol. The van der Waals surface area contributed by atoms with Crippen LogP contribution in [0, 0.1) is 11.6 Å². The summed E-state index contributed by atoms with van der Waals surface area (Å²) in [5.74, 6) is 0.755. The van der Waals surface area contributed by atoms with Gasteiger partial charge < -0.3 is 29.4 Å².